The maximum atomic E-state index is 12.2. The highest BCUT2D eigenvalue weighted by molar-refractivity contribution is 7.86. The molecule has 0 spiro atoms. The Balaban J connectivity index is 0.000000344. The van der Waals surface area contributed by atoms with E-state index in [0.717, 1.165) is 22.3 Å². The van der Waals surface area contributed by atoms with Crippen molar-refractivity contribution in [3.8, 4) is 0 Å². The molecule has 0 unspecified atom stereocenters. The first-order valence-corrected chi connectivity index (χ1v) is 17.8. The van der Waals surface area contributed by atoms with Crippen LogP contribution >= 0.6 is 0 Å². The smallest absolute Gasteiger partial charge is 0.323 e. The van der Waals surface area contributed by atoms with Crippen LogP contribution in [0.25, 0.3) is 0 Å². The molecular weight excluding hydrogens is 713 g/mol. The number of anilines is 2. The van der Waals surface area contributed by atoms with E-state index in [1.165, 1.54) is 24.3 Å². The molecule has 4 aromatic carbocycles. The van der Waals surface area contributed by atoms with Crippen molar-refractivity contribution in [2.24, 2.45) is 43.3 Å². The van der Waals surface area contributed by atoms with E-state index in [4.69, 9.17) is 32.0 Å². The first-order chi connectivity index (χ1) is 24.2. The average Bonchev–Trinajstić information content (AvgIpc) is 3.07. The van der Waals surface area contributed by atoms with Crippen LogP contribution in [-0.2, 0) is 20.2 Å². The summed E-state index contributed by atoms with van der Waals surface area (Å²) >= 11 is 0. The van der Waals surface area contributed by atoms with E-state index in [-0.39, 0.29) is 27.7 Å². The number of benzene rings is 4. The van der Waals surface area contributed by atoms with Gasteiger partial charge in [0.05, 0.1) is 21.2 Å². The van der Waals surface area contributed by atoms with Crippen LogP contribution in [0.5, 0.6) is 0 Å². The Kier molecular flexibility index (Phi) is 15.6. The highest BCUT2D eigenvalue weighted by Gasteiger charge is 2.08. The van der Waals surface area contributed by atoms with E-state index in [9.17, 15) is 21.6 Å². The second kappa shape index (κ2) is 19.3. The number of rotatable bonds is 8. The molecule has 0 aliphatic rings. The number of nitrogens with one attached hydrogen (secondary N) is 2. The summed E-state index contributed by atoms with van der Waals surface area (Å²) < 4.78 is 59.1. The summed E-state index contributed by atoms with van der Waals surface area (Å²) in [5.41, 5.74) is 27.1. The Morgan fingerprint density at radius 1 is 0.519 bits per heavy atom. The molecule has 0 aromatic heterocycles. The van der Waals surface area contributed by atoms with Gasteiger partial charge in [-0.3, -0.25) is 9.11 Å². The maximum absolute atomic E-state index is 12.2. The fraction of sp³-hybridized carbons (Fsp3) is 0.121. The number of aryl methyl sites for hydroxylation is 2. The number of carbonyl (C=O) groups is 1. The number of urea groups is 1. The molecule has 4 aromatic rings. The van der Waals surface area contributed by atoms with Gasteiger partial charge in [-0.05, 0) is 87.4 Å². The number of guanidine groups is 2. The van der Waals surface area contributed by atoms with Crippen LogP contribution in [0.2, 0.25) is 0 Å². The minimum atomic E-state index is -4.02. The van der Waals surface area contributed by atoms with Gasteiger partial charge >= 0.3 is 6.03 Å². The summed E-state index contributed by atoms with van der Waals surface area (Å²) in [5.74, 6) is -0.234. The second-order valence-electron chi connectivity index (χ2n) is 10.7. The van der Waals surface area contributed by atoms with Crippen LogP contribution in [0, 0.1) is 13.8 Å². The van der Waals surface area contributed by atoms with Crippen LogP contribution in [0.4, 0.5) is 16.2 Å². The molecule has 276 valence electrons. The van der Waals surface area contributed by atoms with E-state index in [0.29, 0.717) is 22.8 Å². The average molecular weight is 753 g/mol. The molecule has 0 saturated heterocycles. The molecule has 0 radical (unpaired) electrons. The van der Waals surface area contributed by atoms with Gasteiger partial charge in [-0.15, -0.1) is 10.2 Å². The van der Waals surface area contributed by atoms with E-state index in [1.807, 2.05) is 13.8 Å². The van der Waals surface area contributed by atoms with Crippen LogP contribution in [0.15, 0.2) is 127 Å². The molecule has 2 amide bonds. The zero-order chi connectivity index (χ0) is 39.1. The summed E-state index contributed by atoms with van der Waals surface area (Å²) in [5, 5.41) is 20.5. The number of hydrogen-bond acceptors (Lipinski definition) is 9. The molecule has 0 saturated carbocycles. The van der Waals surface area contributed by atoms with Crippen LogP contribution < -0.4 is 33.6 Å². The Bertz CT molecular complexity index is 1990. The molecule has 0 bridgehead atoms. The lowest BCUT2D eigenvalue weighted by Gasteiger charge is -2.09. The van der Waals surface area contributed by atoms with E-state index >= 15 is 0 Å². The van der Waals surface area contributed by atoms with E-state index < -0.39 is 20.2 Å². The summed E-state index contributed by atoms with van der Waals surface area (Å²) in [7, 11) is -8.04. The lowest BCUT2D eigenvalue weighted by Crippen LogP contribution is -2.22. The first-order valence-electron chi connectivity index (χ1n) is 14.9. The highest BCUT2D eigenvalue weighted by atomic mass is 32.2. The third kappa shape index (κ3) is 15.6. The van der Waals surface area contributed by atoms with Crippen molar-refractivity contribution >= 4 is 61.0 Å². The van der Waals surface area contributed by atoms with Crippen molar-refractivity contribution in [2.45, 2.75) is 37.5 Å². The SMILES string of the molecule is CC(=NN=C(N)N)c1ccc(NC(=O)Nc2ccc(C(C)=NN=C(N)N)cc2)cc1.Cc1ccc(S(=O)(=O)O)cc1.Cc1ccc(S(=O)(=O)O)cc1. The molecule has 0 fully saturated rings. The quantitative estimate of drug-likeness (QED) is 0.0554. The molecular formula is C33H40N10O7S2. The van der Waals surface area contributed by atoms with E-state index in [1.54, 1.807) is 86.6 Å². The third-order valence-corrected chi connectivity index (χ3v) is 8.13. The van der Waals surface area contributed by atoms with Gasteiger partial charge in [-0.25, -0.2) is 4.79 Å². The normalized spacial score (nSPS) is 11.4. The third-order valence-electron chi connectivity index (χ3n) is 6.39. The topological polar surface area (TPSA) is 303 Å². The lowest BCUT2D eigenvalue weighted by molar-refractivity contribution is 0.262. The van der Waals surface area contributed by atoms with Gasteiger partial charge in [0.1, 0.15) is 0 Å². The minimum absolute atomic E-state index is 0.0666. The second-order valence-corrected chi connectivity index (χ2v) is 13.6. The van der Waals surface area contributed by atoms with Crippen molar-refractivity contribution in [2.75, 3.05) is 10.6 Å². The zero-order valence-electron chi connectivity index (χ0n) is 28.6. The van der Waals surface area contributed by atoms with Crippen LogP contribution in [0.3, 0.4) is 0 Å². The largest absolute Gasteiger partial charge is 0.369 e. The van der Waals surface area contributed by atoms with Gasteiger partial charge in [-0.2, -0.15) is 27.0 Å². The molecule has 17 nitrogen and oxygen atoms in total. The minimum Gasteiger partial charge on any atom is -0.369 e. The van der Waals surface area contributed by atoms with Gasteiger partial charge in [0.25, 0.3) is 20.2 Å². The molecule has 12 N–H and O–H groups in total. The summed E-state index contributed by atoms with van der Waals surface area (Å²) in [4.78, 5) is 12.1. The summed E-state index contributed by atoms with van der Waals surface area (Å²) in [6, 6.07) is 25.8. The fourth-order valence-corrected chi connectivity index (χ4v) is 4.64. The number of nitrogens with zero attached hydrogens (tertiary/aromatic N) is 4. The molecule has 4 rings (SSSR count). The van der Waals surface area contributed by atoms with Crippen LogP contribution in [-0.4, -0.2) is 55.3 Å². The maximum Gasteiger partial charge on any atom is 0.323 e. The van der Waals surface area contributed by atoms with Gasteiger partial charge in [-0.1, -0.05) is 59.7 Å². The van der Waals surface area contributed by atoms with Crippen molar-refractivity contribution in [3.05, 3.63) is 119 Å². The predicted octanol–water partition coefficient (Wildman–Crippen LogP) is 3.81. The number of carbonyl (C=O) groups excluding carboxylic acids is 1. The number of hydrogen-bond donors (Lipinski definition) is 8. The van der Waals surface area contributed by atoms with E-state index in [2.05, 4.69) is 31.0 Å². The fourth-order valence-electron chi connectivity index (χ4n) is 3.68. The predicted molar refractivity (Wildman–Crippen MR) is 204 cm³/mol. The molecule has 0 aliphatic heterocycles. The van der Waals surface area contributed by atoms with Gasteiger partial charge < -0.3 is 33.6 Å². The number of amides is 2. The molecule has 0 aliphatic carbocycles. The molecule has 0 atom stereocenters. The highest BCUT2D eigenvalue weighted by Crippen LogP contribution is 2.14. The monoisotopic (exact) mass is 752 g/mol. The summed E-state index contributed by atoms with van der Waals surface area (Å²) in [6.45, 7) is 7.23. The summed E-state index contributed by atoms with van der Waals surface area (Å²) in [6.07, 6.45) is 0. The standard InChI is InChI=1S/C19H24N10O.2C7H8O3S/c1-11(26-28-17(20)21)13-3-7-15(8-4-13)24-19(30)25-16-9-5-14(6-10-16)12(2)27-29-18(22)23;2*1-6-2-4-7(5-3-6)11(8,9)10/h3-10H,1-2H3,(H4,20,21,28)(H4,22,23,29)(H2,24,25,30);2*2-5H,1H3,(H,8,9,10). The van der Waals surface area contributed by atoms with Crippen molar-refractivity contribution in [3.63, 3.8) is 0 Å². The van der Waals surface area contributed by atoms with Gasteiger partial charge in [0.15, 0.2) is 0 Å². The molecule has 0 heterocycles. The van der Waals surface area contributed by atoms with Gasteiger partial charge in [0.2, 0.25) is 11.9 Å². The first kappa shape index (κ1) is 42.0. The molecule has 19 heteroatoms. The Morgan fingerprint density at radius 3 is 1.06 bits per heavy atom. The Hall–Kier alpha value is -6.15. The van der Waals surface area contributed by atoms with Crippen molar-refractivity contribution in [1.82, 2.24) is 0 Å². The van der Waals surface area contributed by atoms with Crippen molar-refractivity contribution in [1.29, 1.82) is 0 Å². The van der Waals surface area contributed by atoms with Crippen LogP contribution in [0.1, 0.15) is 36.1 Å². The zero-order valence-corrected chi connectivity index (χ0v) is 30.2. The number of nitrogens with two attached hydrogens (primary N) is 4. The Morgan fingerprint density at radius 2 is 0.808 bits per heavy atom. The molecule has 52 heavy (non-hydrogen) atoms. The lowest BCUT2D eigenvalue weighted by atomic mass is 10.1. The van der Waals surface area contributed by atoms with Crippen molar-refractivity contribution < 1.29 is 30.7 Å². The Labute approximate surface area is 301 Å². The van der Waals surface area contributed by atoms with Gasteiger partial charge in [0, 0.05) is 11.4 Å².